The van der Waals surface area contributed by atoms with Crippen LogP contribution in [-0.4, -0.2) is 31.9 Å². The second kappa shape index (κ2) is 5.38. The number of amides is 1. The van der Waals surface area contributed by atoms with E-state index in [4.69, 9.17) is 0 Å². The summed E-state index contributed by atoms with van der Waals surface area (Å²) in [6.45, 7) is 0.725. The standard InChI is InChI=1S/C12H21NO3S/c14-12(13-9-10-5-6-10)7-8-17(15,16)11-3-1-2-4-11/h10-11H,1-9H2,(H,13,14). The summed E-state index contributed by atoms with van der Waals surface area (Å²) in [7, 11) is -3.04. The summed E-state index contributed by atoms with van der Waals surface area (Å²) in [5.74, 6) is 0.553. The number of carbonyl (C=O) groups is 1. The first-order valence-corrected chi connectivity index (χ1v) is 8.28. The fraction of sp³-hybridized carbons (Fsp3) is 0.917. The Morgan fingerprint density at radius 2 is 1.76 bits per heavy atom. The zero-order valence-electron chi connectivity index (χ0n) is 10.2. The Bertz CT molecular complexity index is 367. The van der Waals surface area contributed by atoms with Gasteiger partial charge in [-0.25, -0.2) is 8.42 Å². The second-order valence-electron chi connectivity index (χ2n) is 5.27. The van der Waals surface area contributed by atoms with Gasteiger partial charge in [0.2, 0.25) is 5.91 Å². The molecule has 0 unspecified atom stereocenters. The van der Waals surface area contributed by atoms with E-state index < -0.39 is 9.84 Å². The highest BCUT2D eigenvalue weighted by Crippen LogP contribution is 2.27. The van der Waals surface area contributed by atoms with Crippen LogP contribution in [0.25, 0.3) is 0 Å². The van der Waals surface area contributed by atoms with Gasteiger partial charge in [0.15, 0.2) is 9.84 Å². The van der Waals surface area contributed by atoms with Crippen molar-refractivity contribution < 1.29 is 13.2 Å². The van der Waals surface area contributed by atoms with E-state index in [0.29, 0.717) is 5.92 Å². The van der Waals surface area contributed by atoms with E-state index in [9.17, 15) is 13.2 Å². The highest BCUT2D eigenvalue weighted by molar-refractivity contribution is 7.92. The van der Waals surface area contributed by atoms with Gasteiger partial charge in [0.1, 0.15) is 0 Å². The van der Waals surface area contributed by atoms with Crippen LogP contribution in [0.4, 0.5) is 0 Å². The molecule has 0 aromatic heterocycles. The number of carbonyl (C=O) groups excluding carboxylic acids is 1. The van der Waals surface area contributed by atoms with Crippen LogP contribution < -0.4 is 5.32 Å². The average Bonchev–Trinajstić information content (AvgIpc) is 2.94. The minimum Gasteiger partial charge on any atom is -0.356 e. The molecule has 4 nitrogen and oxygen atoms in total. The topological polar surface area (TPSA) is 63.2 Å². The third-order valence-electron chi connectivity index (χ3n) is 3.71. The molecule has 0 aliphatic heterocycles. The second-order valence-corrected chi connectivity index (χ2v) is 7.67. The van der Waals surface area contributed by atoms with Gasteiger partial charge >= 0.3 is 0 Å². The molecule has 0 spiro atoms. The lowest BCUT2D eigenvalue weighted by Gasteiger charge is -2.10. The molecular formula is C12H21NO3S. The van der Waals surface area contributed by atoms with Crippen molar-refractivity contribution in [3.05, 3.63) is 0 Å². The summed E-state index contributed by atoms with van der Waals surface area (Å²) >= 11 is 0. The molecule has 2 aliphatic carbocycles. The molecule has 2 fully saturated rings. The summed E-state index contributed by atoms with van der Waals surface area (Å²) in [6.07, 6.45) is 6.11. The van der Waals surface area contributed by atoms with Gasteiger partial charge in [-0.3, -0.25) is 4.79 Å². The fourth-order valence-electron chi connectivity index (χ4n) is 2.32. The predicted octanol–water partition coefficient (Wildman–Crippen LogP) is 1.26. The van der Waals surface area contributed by atoms with Crippen molar-refractivity contribution >= 4 is 15.7 Å². The quantitative estimate of drug-likeness (QED) is 0.781. The Hall–Kier alpha value is -0.580. The third kappa shape index (κ3) is 3.98. The molecule has 2 saturated carbocycles. The third-order valence-corrected chi connectivity index (χ3v) is 5.97. The van der Waals surface area contributed by atoms with Crippen LogP contribution in [0.2, 0.25) is 0 Å². The minimum atomic E-state index is -3.04. The predicted molar refractivity (Wildman–Crippen MR) is 66.4 cm³/mol. The molecule has 1 amide bonds. The largest absolute Gasteiger partial charge is 0.356 e. The van der Waals surface area contributed by atoms with Crippen LogP contribution in [0.5, 0.6) is 0 Å². The van der Waals surface area contributed by atoms with Gasteiger partial charge in [0.05, 0.1) is 11.0 Å². The molecule has 2 rings (SSSR count). The van der Waals surface area contributed by atoms with Gasteiger partial charge in [0, 0.05) is 13.0 Å². The Balaban J connectivity index is 1.70. The molecule has 0 aromatic carbocycles. The van der Waals surface area contributed by atoms with Crippen LogP contribution in [0.3, 0.4) is 0 Å². The van der Waals surface area contributed by atoms with E-state index in [1.54, 1.807) is 0 Å². The maximum atomic E-state index is 11.9. The highest BCUT2D eigenvalue weighted by atomic mass is 32.2. The molecule has 0 saturated heterocycles. The van der Waals surface area contributed by atoms with E-state index in [1.165, 1.54) is 12.8 Å². The van der Waals surface area contributed by atoms with Crippen molar-refractivity contribution in [3.63, 3.8) is 0 Å². The summed E-state index contributed by atoms with van der Waals surface area (Å²) < 4.78 is 23.8. The maximum absolute atomic E-state index is 11.9. The fourth-order valence-corrected chi connectivity index (χ4v) is 4.17. The van der Waals surface area contributed by atoms with E-state index >= 15 is 0 Å². The normalized spacial score (nSPS) is 21.6. The molecule has 0 heterocycles. The summed E-state index contributed by atoms with van der Waals surface area (Å²) in [5, 5.41) is 2.62. The summed E-state index contributed by atoms with van der Waals surface area (Å²) in [6, 6.07) is 0. The average molecular weight is 259 g/mol. The Labute approximate surface area is 103 Å². The number of nitrogens with one attached hydrogen (secondary N) is 1. The monoisotopic (exact) mass is 259 g/mol. The molecule has 98 valence electrons. The van der Waals surface area contributed by atoms with Gasteiger partial charge in [-0.05, 0) is 31.6 Å². The molecule has 0 bridgehead atoms. The SMILES string of the molecule is O=C(CCS(=O)(=O)C1CCCC1)NCC1CC1. The molecule has 1 N–H and O–H groups in total. The molecule has 0 radical (unpaired) electrons. The number of hydrogen-bond acceptors (Lipinski definition) is 3. The lowest BCUT2D eigenvalue weighted by Crippen LogP contribution is -2.29. The lowest BCUT2D eigenvalue weighted by molar-refractivity contribution is -0.120. The Kier molecular flexibility index (Phi) is 4.07. The van der Waals surface area contributed by atoms with E-state index in [1.807, 2.05) is 0 Å². The molecule has 2 aliphatic rings. The summed E-state index contributed by atoms with van der Waals surface area (Å²) in [5.41, 5.74) is 0. The van der Waals surface area contributed by atoms with Gasteiger partial charge in [0.25, 0.3) is 0 Å². The molecular weight excluding hydrogens is 238 g/mol. The number of hydrogen-bond donors (Lipinski definition) is 1. The highest BCUT2D eigenvalue weighted by Gasteiger charge is 2.29. The zero-order chi connectivity index (χ0) is 12.3. The van der Waals surface area contributed by atoms with Crippen molar-refractivity contribution in [2.75, 3.05) is 12.3 Å². The summed E-state index contributed by atoms with van der Waals surface area (Å²) in [4.78, 5) is 11.5. The van der Waals surface area contributed by atoms with E-state index in [2.05, 4.69) is 5.32 Å². The van der Waals surface area contributed by atoms with Crippen molar-refractivity contribution in [3.8, 4) is 0 Å². The van der Waals surface area contributed by atoms with E-state index in [-0.39, 0.29) is 23.3 Å². The maximum Gasteiger partial charge on any atom is 0.221 e. The van der Waals surface area contributed by atoms with Crippen molar-refractivity contribution in [1.82, 2.24) is 5.32 Å². The minimum absolute atomic E-state index is 0.0220. The number of rotatable bonds is 6. The van der Waals surface area contributed by atoms with Gasteiger partial charge in [-0.15, -0.1) is 0 Å². The molecule has 17 heavy (non-hydrogen) atoms. The van der Waals surface area contributed by atoms with Crippen LogP contribution in [0.15, 0.2) is 0 Å². The Morgan fingerprint density at radius 3 is 2.35 bits per heavy atom. The van der Waals surface area contributed by atoms with Crippen molar-refractivity contribution in [2.45, 2.75) is 50.2 Å². The van der Waals surface area contributed by atoms with Crippen molar-refractivity contribution in [2.24, 2.45) is 5.92 Å². The van der Waals surface area contributed by atoms with Gasteiger partial charge in [-0.2, -0.15) is 0 Å². The van der Waals surface area contributed by atoms with Crippen LogP contribution in [-0.2, 0) is 14.6 Å². The Morgan fingerprint density at radius 1 is 1.12 bits per heavy atom. The lowest BCUT2D eigenvalue weighted by atomic mass is 10.4. The van der Waals surface area contributed by atoms with Gasteiger partial charge in [-0.1, -0.05) is 12.8 Å². The molecule has 0 atom stereocenters. The smallest absolute Gasteiger partial charge is 0.221 e. The van der Waals surface area contributed by atoms with E-state index in [0.717, 1.165) is 32.2 Å². The molecule has 5 heteroatoms. The zero-order valence-corrected chi connectivity index (χ0v) is 11.0. The first-order chi connectivity index (χ1) is 8.08. The van der Waals surface area contributed by atoms with Crippen molar-refractivity contribution in [1.29, 1.82) is 0 Å². The first kappa shape index (κ1) is 12.9. The number of sulfone groups is 1. The van der Waals surface area contributed by atoms with Crippen LogP contribution in [0.1, 0.15) is 44.9 Å². The van der Waals surface area contributed by atoms with Crippen LogP contribution >= 0.6 is 0 Å². The van der Waals surface area contributed by atoms with Crippen LogP contribution in [0, 0.1) is 5.92 Å². The molecule has 0 aromatic rings. The first-order valence-electron chi connectivity index (χ1n) is 6.56. The van der Waals surface area contributed by atoms with Gasteiger partial charge < -0.3 is 5.32 Å².